The van der Waals surface area contributed by atoms with E-state index in [0.29, 0.717) is 28.8 Å². The van der Waals surface area contributed by atoms with Crippen molar-refractivity contribution < 1.29 is 27.1 Å². The number of carbonyl (C=O) groups excluding carboxylic acids is 1. The minimum atomic E-state index is -4.67. The molecular formula is C25H20F4N2O2S. The molecule has 0 bridgehead atoms. The monoisotopic (exact) mass is 488 g/mol. The van der Waals surface area contributed by atoms with Gasteiger partial charge in [0.15, 0.2) is 5.16 Å². The lowest BCUT2D eigenvalue weighted by Gasteiger charge is -2.13. The number of alkyl halides is 3. The normalized spacial score (nSPS) is 11.7. The summed E-state index contributed by atoms with van der Waals surface area (Å²) >= 11 is 1.12. The number of ether oxygens (including phenoxy) is 1. The third kappa shape index (κ3) is 5.25. The van der Waals surface area contributed by atoms with E-state index in [1.807, 2.05) is 34.9 Å². The topological polar surface area (TPSA) is 44.1 Å². The molecule has 4 rings (SSSR count). The van der Waals surface area contributed by atoms with Crippen LogP contribution in [0.25, 0.3) is 11.0 Å². The maximum Gasteiger partial charge on any atom is 0.416 e. The molecule has 0 N–H and O–H groups in total. The molecule has 3 aromatic carbocycles. The molecule has 0 saturated carbocycles. The second-order valence-electron chi connectivity index (χ2n) is 7.48. The maximum atomic E-state index is 13.5. The molecule has 0 saturated heterocycles. The minimum Gasteiger partial charge on any atom is -0.462 e. The van der Waals surface area contributed by atoms with Gasteiger partial charge in [0.05, 0.1) is 35.3 Å². The zero-order chi connectivity index (χ0) is 24.3. The third-order valence-corrected chi connectivity index (χ3v) is 6.17. The Morgan fingerprint density at radius 2 is 1.82 bits per heavy atom. The average Bonchev–Trinajstić information content (AvgIpc) is 3.15. The SMILES string of the molecule is CCOC(=O)c1ccc2c(c1)nc(SCc1ccc(F)cc1C(F)(F)F)n2Cc1ccccc1. The first kappa shape index (κ1) is 23.8. The van der Waals surface area contributed by atoms with Crippen LogP contribution in [0, 0.1) is 5.82 Å². The number of esters is 1. The van der Waals surface area contributed by atoms with Gasteiger partial charge in [-0.2, -0.15) is 13.2 Å². The van der Waals surface area contributed by atoms with E-state index < -0.39 is 23.5 Å². The molecule has 9 heteroatoms. The summed E-state index contributed by atoms with van der Waals surface area (Å²) in [5, 5.41) is 0.484. The quantitative estimate of drug-likeness (QED) is 0.165. The van der Waals surface area contributed by atoms with Crippen molar-refractivity contribution in [2.75, 3.05) is 6.61 Å². The summed E-state index contributed by atoms with van der Waals surface area (Å²) in [6.07, 6.45) is -4.67. The molecule has 4 aromatic rings. The van der Waals surface area contributed by atoms with Gasteiger partial charge < -0.3 is 9.30 Å². The van der Waals surface area contributed by atoms with Gasteiger partial charge in [-0.1, -0.05) is 48.2 Å². The second-order valence-corrected chi connectivity index (χ2v) is 8.42. The number of benzene rings is 3. The largest absolute Gasteiger partial charge is 0.462 e. The van der Waals surface area contributed by atoms with Gasteiger partial charge in [-0.3, -0.25) is 0 Å². The van der Waals surface area contributed by atoms with Crippen molar-refractivity contribution in [3.63, 3.8) is 0 Å². The maximum absolute atomic E-state index is 13.5. The molecule has 0 spiro atoms. The predicted octanol–water partition coefficient (Wildman–Crippen LogP) is 6.71. The summed E-state index contributed by atoms with van der Waals surface area (Å²) in [5.74, 6) is -1.47. The van der Waals surface area contributed by atoms with Crippen molar-refractivity contribution in [1.29, 1.82) is 0 Å². The summed E-state index contributed by atoms with van der Waals surface area (Å²) < 4.78 is 60.7. The lowest BCUT2D eigenvalue weighted by atomic mass is 10.1. The first-order valence-corrected chi connectivity index (χ1v) is 11.4. The van der Waals surface area contributed by atoms with Crippen molar-refractivity contribution in [3.8, 4) is 0 Å². The smallest absolute Gasteiger partial charge is 0.416 e. The lowest BCUT2D eigenvalue weighted by Crippen LogP contribution is -2.09. The van der Waals surface area contributed by atoms with Crippen LogP contribution in [0.1, 0.15) is 34.0 Å². The summed E-state index contributed by atoms with van der Waals surface area (Å²) in [7, 11) is 0. The van der Waals surface area contributed by atoms with Gasteiger partial charge in [-0.15, -0.1) is 0 Å². The standard InChI is InChI=1S/C25H20F4N2O2S/c1-2-33-23(32)17-9-11-22-21(12-17)30-24(31(22)14-16-6-4-3-5-7-16)34-15-18-8-10-19(26)13-20(18)25(27,28)29/h3-13H,2,14-15H2,1H3. The molecule has 0 radical (unpaired) electrons. The molecular weight excluding hydrogens is 468 g/mol. The van der Waals surface area contributed by atoms with E-state index in [1.165, 1.54) is 0 Å². The highest BCUT2D eigenvalue weighted by Gasteiger charge is 2.33. The van der Waals surface area contributed by atoms with Gasteiger partial charge in [0.25, 0.3) is 0 Å². The molecule has 0 aliphatic rings. The zero-order valence-electron chi connectivity index (χ0n) is 18.1. The predicted molar refractivity (Wildman–Crippen MR) is 122 cm³/mol. The Bertz CT molecular complexity index is 1320. The van der Waals surface area contributed by atoms with E-state index in [2.05, 4.69) is 4.98 Å². The first-order chi connectivity index (χ1) is 16.3. The fraction of sp³-hybridized carbons (Fsp3) is 0.200. The fourth-order valence-corrected chi connectivity index (χ4v) is 4.58. The first-order valence-electron chi connectivity index (χ1n) is 10.5. The summed E-state index contributed by atoms with van der Waals surface area (Å²) in [6, 6.07) is 17.2. The summed E-state index contributed by atoms with van der Waals surface area (Å²) in [5.41, 5.74) is 1.54. The molecule has 0 fully saturated rings. The van der Waals surface area contributed by atoms with E-state index in [-0.39, 0.29) is 17.9 Å². The van der Waals surface area contributed by atoms with E-state index >= 15 is 0 Å². The van der Waals surface area contributed by atoms with Gasteiger partial charge in [-0.25, -0.2) is 14.2 Å². The fourth-order valence-electron chi connectivity index (χ4n) is 3.56. The number of nitrogens with zero attached hydrogens (tertiary/aromatic N) is 2. The van der Waals surface area contributed by atoms with Crippen LogP contribution in [0.15, 0.2) is 71.9 Å². The van der Waals surface area contributed by atoms with E-state index in [9.17, 15) is 22.4 Å². The van der Waals surface area contributed by atoms with Gasteiger partial charge in [0.2, 0.25) is 0 Å². The van der Waals surface area contributed by atoms with Gasteiger partial charge in [-0.05, 0) is 48.4 Å². The van der Waals surface area contributed by atoms with E-state index in [4.69, 9.17) is 4.74 Å². The third-order valence-electron chi connectivity index (χ3n) is 5.14. The summed E-state index contributed by atoms with van der Waals surface area (Å²) in [4.78, 5) is 16.7. The zero-order valence-corrected chi connectivity index (χ0v) is 18.9. The Balaban J connectivity index is 1.72. The van der Waals surface area contributed by atoms with Crippen LogP contribution in [0.4, 0.5) is 17.6 Å². The number of carbonyl (C=O) groups is 1. The number of halogens is 4. The number of hydrogen-bond donors (Lipinski definition) is 0. The van der Waals surface area contributed by atoms with Crippen LogP contribution in [-0.2, 0) is 23.2 Å². The van der Waals surface area contributed by atoms with Crippen LogP contribution >= 0.6 is 11.8 Å². The molecule has 4 nitrogen and oxygen atoms in total. The van der Waals surface area contributed by atoms with E-state index in [0.717, 1.165) is 35.0 Å². The highest BCUT2D eigenvalue weighted by molar-refractivity contribution is 7.98. The van der Waals surface area contributed by atoms with Crippen LogP contribution in [0.2, 0.25) is 0 Å². The van der Waals surface area contributed by atoms with Crippen molar-refractivity contribution >= 4 is 28.8 Å². The van der Waals surface area contributed by atoms with Gasteiger partial charge in [0, 0.05) is 5.75 Å². The van der Waals surface area contributed by atoms with Crippen LogP contribution in [0.5, 0.6) is 0 Å². The Labute approximate surface area is 197 Å². The van der Waals surface area contributed by atoms with Gasteiger partial charge in [0.1, 0.15) is 5.82 Å². The van der Waals surface area contributed by atoms with Crippen molar-refractivity contribution in [2.45, 2.75) is 30.6 Å². The molecule has 0 unspecified atom stereocenters. The lowest BCUT2D eigenvalue weighted by molar-refractivity contribution is -0.138. The van der Waals surface area contributed by atoms with Crippen LogP contribution < -0.4 is 0 Å². The second kappa shape index (κ2) is 9.89. The molecule has 0 aliphatic carbocycles. The summed E-state index contributed by atoms with van der Waals surface area (Å²) in [6.45, 7) is 2.39. The highest BCUT2D eigenvalue weighted by Crippen LogP contribution is 2.36. The van der Waals surface area contributed by atoms with E-state index in [1.54, 1.807) is 25.1 Å². The number of rotatable bonds is 7. The molecule has 0 aliphatic heterocycles. The molecule has 0 atom stereocenters. The molecule has 1 heterocycles. The van der Waals surface area contributed by atoms with Crippen LogP contribution in [-0.4, -0.2) is 22.1 Å². The Morgan fingerprint density at radius 3 is 2.53 bits per heavy atom. The van der Waals surface area contributed by atoms with Crippen molar-refractivity contribution in [1.82, 2.24) is 9.55 Å². The Kier molecular flexibility index (Phi) is 6.92. The number of hydrogen-bond acceptors (Lipinski definition) is 4. The minimum absolute atomic E-state index is 0.0376. The molecule has 1 aromatic heterocycles. The van der Waals surface area contributed by atoms with Crippen LogP contribution in [0.3, 0.4) is 0 Å². The Morgan fingerprint density at radius 1 is 1.06 bits per heavy atom. The highest BCUT2D eigenvalue weighted by atomic mass is 32.2. The molecule has 0 amide bonds. The number of aromatic nitrogens is 2. The number of imidazole rings is 1. The number of thioether (sulfide) groups is 1. The Hall–Kier alpha value is -3.33. The van der Waals surface area contributed by atoms with Crippen molar-refractivity contribution in [3.05, 3.63) is 94.8 Å². The van der Waals surface area contributed by atoms with Gasteiger partial charge >= 0.3 is 12.1 Å². The van der Waals surface area contributed by atoms with Crippen molar-refractivity contribution in [2.24, 2.45) is 0 Å². The number of fused-ring (bicyclic) bond motifs is 1. The molecule has 176 valence electrons. The average molecular weight is 489 g/mol. The molecule has 34 heavy (non-hydrogen) atoms.